The number of nitrogens with one attached hydrogen (secondary N) is 2. The van der Waals surface area contributed by atoms with Gasteiger partial charge < -0.3 is 25.0 Å². The van der Waals surface area contributed by atoms with Crippen molar-refractivity contribution >= 4 is 6.03 Å². The molecule has 0 saturated carbocycles. The van der Waals surface area contributed by atoms with Crippen molar-refractivity contribution in [1.82, 2.24) is 15.5 Å². The van der Waals surface area contributed by atoms with E-state index in [-0.39, 0.29) is 17.9 Å². The molecule has 7 heteroatoms. The van der Waals surface area contributed by atoms with Crippen molar-refractivity contribution in [3.05, 3.63) is 59.4 Å². The molecular weight excluding hydrogens is 349 g/mol. The number of carbonyl (C=O) groups is 1. The number of nitrogens with zero attached hydrogens (tertiary/aromatic N) is 1. The summed E-state index contributed by atoms with van der Waals surface area (Å²) in [5.41, 5.74) is 1.66. The number of methoxy groups -OCH3 is 2. The Morgan fingerprint density at radius 1 is 1.07 bits per heavy atom. The summed E-state index contributed by atoms with van der Waals surface area (Å²) in [6.45, 7) is 0.676. The lowest BCUT2D eigenvalue weighted by atomic mass is 10.1. The van der Waals surface area contributed by atoms with Gasteiger partial charge in [0, 0.05) is 19.2 Å². The van der Waals surface area contributed by atoms with Gasteiger partial charge in [0.1, 0.15) is 17.3 Å². The zero-order chi connectivity index (χ0) is 19.8. The maximum Gasteiger partial charge on any atom is 0.315 e. The quantitative estimate of drug-likeness (QED) is 0.745. The number of rotatable bonds is 8. The minimum Gasteiger partial charge on any atom is -0.497 e. The molecule has 6 nitrogen and oxygen atoms in total. The van der Waals surface area contributed by atoms with E-state index in [0.29, 0.717) is 24.6 Å². The van der Waals surface area contributed by atoms with Crippen LogP contribution in [0.1, 0.15) is 17.2 Å². The normalized spacial score (nSPS) is 11.8. The summed E-state index contributed by atoms with van der Waals surface area (Å²) in [6, 6.07) is 11.4. The third-order valence-electron chi connectivity index (χ3n) is 4.18. The highest BCUT2D eigenvalue weighted by Gasteiger charge is 2.16. The van der Waals surface area contributed by atoms with E-state index in [1.807, 2.05) is 37.2 Å². The molecule has 27 heavy (non-hydrogen) atoms. The van der Waals surface area contributed by atoms with Crippen molar-refractivity contribution < 1.29 is 18.7 Å². The molecule has 0 fully saturated rings. The van der Waals surface area contributed by atoms with Crippen LogP contribution in [0.15, 0.2) is 42.5 Å². The number of benzene rings is 2. The first-order chi connectivity index (χ1) is 12.9. The molecule has 2 aromatic carbocycles. The van der Waals surface area contributed by atoms with Crippen LogP contribution >= 0.6 is 0 Å². The van der Waals surface area contributed by atoms with Gasteiger partial charge in [-0.3, -0.25) is 0 Å². The predicted octanol–water partition coefficient (Wildman–Crippen LogP) is 2.95. The number of ether oxygens (including phenoxy) is 2. The second-order valence-electron chi connectivity index (χ2n) is 6.32. The Labute approximate surface area is 159 Å². The number of amides is 2. The van der Waals surface area contributed by atoms with Gasteiger partial charge in [0.2, 0.25) is 0 Å². The fraction of sp³-hybridized carbons (Fsp3) is 0.350. The van der Waals surface area contributed by atoms with Crippen molar-refractivity contribution in [3.63, 3.8) is 0 Å². The average Bonchev–Trinajstić information content (AvgIpc) is 2.66. The van der Waals surface area contributed by atoms with E-state index in [2.05, 4.69) is 10.6 Å². The van der Waals surface area contributed by atoms with Crippen LogP contribution in [0.3, 0.4) is 0 Å². The maximum atomic E-state index is 13.5. The van der Waals surface area contributed by atoms with E-state index in [0.717, 1.165) is 11.1 Å². The minimum absolute atomic E-state index is 0.136. The molecule has 1 unspecified atom stereocenters. The van der Waals surface area contributed by atoms with E-state index < -0.39 is 0 Å². The number of hydrogen-bond donors (Lipinski definition) is 2. The van der Waals surface area contributed by atoms with Crippen LogP contribution in [-0.2, 0) is 6.54 Å². The van der Waals surface area contributed by atoms with Crippen molar-refractivity contribution in [2.45, 2.75) is 12.6 Å². The monoisotopic (exact) mass is 375 g/mol. The Hall–Kier alpha value is -2.80. The summed E-state index contributed by atoms with van der Waals surface area (Å²) in [6.07, 6.45) is 0. The van der Waals surface area contributed by atoms with Crippen LogP contribution in [0.4, 0.5) is 9.18 Å². The predicted molar refractivity (Wildman–Crippen MR) is 103 cm³/mol. The van der Waals surface area contributed by atoms with Crippen molar-refractivity contribution in [2.24, 2.45) is 0 Å². The van der Waals surface area contributed by atoms with Crippen LogP contribution in [0.5, 0.6) is 11.5 Å². The van der Waals surface area contributed by atoms with Gasteiger partial charge in [-0.15, -0.1) is 0 Å². The van der Waals surface area contributed by atoms with E-state index in [9.17, 15) is 9.18 Å². The lowest BCUT2D eigenvalue weighted by Crippen LogP contribution is -2.40. The minimum atomic E-state index is -0.306. The van der Waals surface area contributed by atoms with Crippen LogP contribution in [0, 0.1) is 5.82 Å². The van der Waals surface area contributed by atoms with Crippen LogP contribution < -0.4 is 20.1 Å². The van der Waals surface area contributed by atoms with Crippen LogP contribution in [0.25, 0.3) is 0 Å². The summed E-state index contributed by atoms with van der Waals surface area (Å²) >= 11 is 0. The highest BCUT2D eigenvalue weighted by atomic mass is 19.1. The molecule has 0 aliphatic rings. The van der Waals surface area contributed by atoms with Crippen molar-refractivity contribution in [2.75, 3.05) is 34.9 Å². The molecular formula is C20H26FN3O3. The molecule has 0 aliphatic carbocycles. The molecule has 0 bridgehead atoms. The Kier molecular flexibility index (Phi) is 7.43. The number of urea groups is 1. The van der Waals surface area contributed by atoms with E-state index in [1.54, 1.807) is 26.4 Å². The van der Waals surface area contributed by atoms with Gasteiger partial charge >= 0.3 is 6.03 Å². The second-order valence-corrected chi connectivity index (χ2v) is 6.32. The smallest absolute Gasteiger partial charge is 0.315 e. The Morgan fingerprint density at radius 3 is 2.30 bits per heavy atom. The molecule has 0 spiro atoms. The van der Waals surface area contributed by atoms with Gasteiger partial charge in [0.25, 0.3) is 0 Å². The number of hydrogen-bond acceptors (Lipinski definition) is 4. The first kappa shape index (κ1) is 20.5. The Balaban J connectivity index is 1.93. The topological polar surface area (TPSA) is 62.8 Å². The molecule has 2 aromatic rings. The first-order valence-corrected chi connectivity index (χ1v) is 8.58. The van der Waals surface area contributed by atoms with Gasteiger partial charge in [-0.05, 0) is 49.5 Å². The Morgan fingerprint density at radius 2 is 1.74 bits per heavy atom. The summed E-state index contributed by atoms with van der Waals surface area (Å²) in [5, 5.41) is 5.64. The molecule has 2 rings (SSSR count). The summed E-state index contributed by atoms with van der Waals surface area (Å²) in [5.74, 6) is 1.02. The molecule has 146 valence electrons. The SMILES string of the molecule is COc1cc(CNC(=O)NCC(c2cccc(F)c2)N(C)C)cc(OC)c1. The Bertz CT molecular complexity index is 746. The van der Waals surface area contributed by atoms with Crippen LogP contribution in [0.2, 0.25) is 0 Å². The molecule has 1 atom stereocenters. The fourth-order valence-electron chi connectivity index (χ4n) is 2.72. The molecule has 0 aromatic heterocycles. The molecule has 0 radical (unpaired) electrons. The third kappa shape index (κ3) is 6.14. The molecule has 0 aliphatic heterocycles. The highest BCUT2D eigenvalue weighted by Crippen LogP contribution is 2.22. The van der Waals surface area contributed by atoms with E-state index in [1.165, 1.54) is 12.1 Å². The largest absolute Gasteiger partial charge is 0.497 e. The van der Waals surface area contributed by atoms with Gasteiger partial charge in [-0.2, -0.15) is 0 Å². The lowest BCUT2D eigenvalue weighted by molar-refractivity contribution is 0.232. The van der Waals surface area contributed by atoms with Gasteiger partial charge in [-0.25, -0.2) is 9.18 Å². The zero-order valence-electron chi connectivity index (χ0n) is 16.1. The molecule has 2 N–H and O–H groups in total. The standard InChI is InChI=1S/C20H26FN3O3/c1-24(2)19(15-6-5-7-16(21)10-15)13-23-20(25)22-12-14-8-17(26-3)11-18(9-14)27-4/h5-11,19H,12-13H2,1-4H3,(H2,22,23,25). The fourth-order valence-corrected chi connectivity index (χ4v) is 2.72. The average molecular weight is 375 g/mol. The number of halogens is 1. The molecule has 2 amide bonds. The summed E-state index contributed by atoms with van der Waals surface area (Å²) in [4.78, 5) is 14.1. The van der Waals surface area contributed by atoms with E-state index >= 15 is 0 Å². The highest BCUT2D eigenvalue weighted by molar-refractivity contribution is 5.73. The van der Waals surface area contributed by atoms with Crippen LogP contribution in [-0.4, -0.2) is 45.8 Å². The second kappa shape index (κ2) is 9.78. The number of likely N-dealkylation sites (N-methyl/N-ethyl adjacent to an activating group) is 1. The van der Waals surface area contributed by atoms with Crippen molar-refractivity contribution in [3.8, 4) is 11.5 Å². The molecule has 0 saturated heterocycles. The zero-order valence-corrected chi connectivity index (χ0v) is 16.1. The van der Waals surface area contributed by atoms with E-state index in [4.69, 9.17) is 9.47 Å². The van der Waals surface area contributed by atoms with Gasteiger partial charge in [0.15, 0.2) is 0 Å². The summed E-state index contributed by atoms with van der Waals surface area (Å²) in [7, 11) is 6.92. The first-order valence-electron chi connectivity index (χ1n) is 8.58. The van der Waals surface area contributed by atoms with Gasteiger partial charge in [-0.1, -0.05) is 12.1 Å². The number of carbonyl (C=O) groups excluding carboxylic acids is 1. The summed E-state index contributed by atoms with van der Waals surface area (Å²) < 4.78 is 23.9. The maximum absolute atomic E-state index is 13.5. The van der Waals surface area contributed by atoms with Gasteiger partial charge in [0.05, 0.1) is 20.3 Å². The third-order valence-corrected chi connectivity index (χ3v) is 4.18. The van der Waals surface area contributed by atoms with Crippen molar-refractivity contribution in [1.29, 1.82) is 0 Å². The lowest BCUT2D eigenvalue weighted by Gasteiger charge is -2.25. The molecule has 0 heterocycles.